The van der Waals surface area contributed by atoms with Crippen molar-refractivity contribution in [2.75, 3.05) is 24.5 Å². The zero-order valence-corrected chi connectivity index (χ0v) is 16.5. The van der Waals surface area contributed by atoms with Gasteiger partial charge in [-0.2, -0.15) is 0 Å². The second-order valence-corrected chi connectivity index (χ2v) is 7.99. The van der Waals surface area contributed by atoms with Crippen LogP contribution in [0.2, 0.25) is 0 Å². The Morgan fingerprint density at radius 2 is 2.00 bits per heavy atom. The number of halogens is 1. The van der Waals surface area contributed by atoms with E-state index in [4.69, 9.17) is 6.42 Å². The van der Waals surface area contributed by atoms with Crippen molar-refractivity contribution in [2.45, 2.75) is 31.7 Å². The van der Waals surface area contributed by atoms with Crippen molar-refractivity contribution in [1.29, 1.82) is 0 Å². The molecule has 4 nitrogen and oxygen atoms in total. The molecule has 0 bridgehead atoms. The highest BCUT2D eigenvalue weighted by molar-refractivity contribution is 7.18. The van der Waals surface area contributed by atoms with Crippen molar-refractivity contribution in [3.8, 4) is 12.3 Å². The standard InChI is InChI=1S/C22H23FN4S/c1-2-17-14-28-21-20(17)25-15-26-22(21)27-12-9-19(10-13-27)24-11-3-4-16-5-7-18(23)8-6-16/h1,5-8,14-15,19,24H,3-4,9-13H2. The number of anilines is 1. The fourth-order valence-electron chi connectivity index (χ4n) is 3.71. The molecule has 0 aliphatic carbocycles. The van der Waals surface area contributed by atoms with Crippen molar-refractivity contribution in [2.24, 2.45) is 0 Å². The van der Waals surface area contributed by atoms with Crippen LogP contribution in [-0.4, -0.2) is 35.6 Å². The Hall–Kier alpha value is -2.49. The Morgan fingerprint density at radius 3 is 2.75 bits per heavy atom. The van der Waals surface area contributed by atoms with Crippen molar-refractivity contribution in [3.63, 3.8) is 0 Å². The van der Waals surface area contributed by atoms with Crippen LogP contribution in [0.1, 0.15) is 30.4 Å². The van der Waals surface area contributed by atoms with Gasteiger partial charge >= 0.3 is 0 Å². The van der Waals surface area contributed by atoms with E-state index >= 15 is 0 Å². The maximum atomic E-state index is 12.9. The van der Waals surface area contributed by atoms with Crippen molar-refractivity contribution < 1.29 is 4.39 Å². The molecule has 0 unspecified atom stereocenters. The van der Waals surface area contributed by atoms with Gasteiger partial charge in [0.25, 0.3) is 0 Å². The lowest BCUT2D eigenvalue weighted by molar-refractivity contribution is 0.412. The molecule has 3 aromatic rings. The minimum Gasteiger partial charge on any atom is -0.355 e. The third-order valence-corrected chi connectivity index (χ3v) is 6.24. The maximum absolute atomic E-state index is 12.9. The van der Waals surface area contributed by atoms with Crippen LogP contribution in [0.15, 0.2) is 36.0 Å². The van der Waals surface area contributed by atoms with Crippen LogP contribution < -0.4 is 10.2 Å². The number of benzene rings is 1. The summed E-state index contributed by atoms with van der Waals surface area (Å²) < 4.78 is 14.0. The van der Waals surface area contributed by atoms with Crippen molar-refractivity contribution in [3.05, 3.63) is 52.9 Å². The van der Waals surface area contributed by atoms with Crippen LogP contribution in [0.5, 0.6) is 0 Å². The second-order valence-electron chi connectivity index (χ2n) is 7.11. The van der Waals surface area contributed by atoms with Gasteiger partial charge in [-0.05, 0) is 49.9 Å². The predicted molar refractivity (Wildman–Crippen MR) is 113 cm³/mol. The first-order valence-electron chi connectivity index (χ1n) is 9.66. The van der Waals surface area contributed by atoms with Crippen LogP contribution >= 0.6 is 11.3 Å². The van der Waals surface area contributed by atoms with Gasteiger partial charge in [-0.1, -0.05) is 18.1 Å². The quantitative estimate of drug-likeness (QED) is 0.507. The number of thiophene rings is 1. The van der Waals surface area contributed by atoms with E-state index < -0.39 is 0 Å². The van der Waals surface area contributed by atoms with E-state index in [1.54, 1.807) is 17.7 Å². The van der Waals surface area contributed by atoms with E-state index in [2.05, 4.69) is 26.1 Å². The number of aromatic nitrogens is 2. The molecule has 144 valence electrons. The van der Waals surface area contributed by atoms with Crippen LogP contribution in [0, 0.1) is 18.2 Å². The summed E-state index contributed by atoms with van der Waals surface area (Å²) >= 11 is 1.63. The summed E-state index contributed by atoms with van der Waals surface area (Å²) in [6.07, 6.45) is 11.4. The summed E-state index contributed by atoms with van der Waals surface area (Å²) in [6, 6.07) is 7.33. The van der Waals surface area contributed by atoms with Crippen LogP contribution in [0.4, 0.5) is 10.2 Å². The molecule has 3 heterocycles. The lowest BCUT2D eigenvalue weighted by atomic mass is 10.0. The molecule has 0 amide bonds. The fourth-order valence-corrected chi connectivity index (χ4v) is 4.69. The van der Waals surface area contributed by atoms with Crippen molar-refractivity contribution in [1.82, 2.24) is 15.3 Å². The van der Waals surface area contributed by atoms with E-state index in [0.29, 0.717) is 6.04 Å². The summed E-state index contributed by atoms with van der Waals surface area (Å²) in [6.45, 7) is 2.94. The Kier molecular flexibility index (Phi) is 5.84. The molecule has 0 atom stereocenters. The number of terminal acetylenes is 1. The molecule has 1 aliphatic rings. The Bertz CT molecular complexity index is 968. The van der Waals surface area contributed by atoms with Gasteiger partial charge in [0, 0.05) is 24.5 Å². The number of hydrogen-bond donors (Lipinski definition) is 1. The molecule has 4 rings (SSSR count). The van der Waals surface area contributed by atoms with Gasteiger partial charge in [-0.3, -0.25) is 0 Å². The zero-order chi connectivity index (χ0) is 19.3. The second kappa shape index (κ2) is 8.68. The monoisotopic (exact) mass is 394 g/mol. The molecule has 1 saturated heterocycles. The first-order valence-corrected chi connectivity index (χ1v) is 10.5. The molecular formula is C22H23FN4S. The predicted octanol–water partition coefficient (Wildman–Crippen LogP) is 4.00. The zero-order valence-electron chi connectivity index (χ0n) is 15.7. The van der Waals surface area contributed by atoms with Crippen LogP contribution in [0.25, 0.3) is 10.2 Å². The molecular weight excluding hydrogens is 371 g/mol. The van der Waals surface area contributed by atoms with Gasteiger partial charge in [0.1, 0.15) is 23.5 Å². The lowest BCUT2D eigenvalue weighted by Gasteiger charge is -2.33. The topological polar surface area (TPSA) is 41.0 Å². The smallest absolute Gasteiger partial charge is 0.150 e. The molecule has 1 aliphatic heterocycles. The summed E-state index contributed by atoms with van der Waals surface area (Å²) in [5, 5.41) is 5.65. The van der Waals surface area contributed by atoms with Crippen molar-refractivity contribution >= 4 is 27.4 Å². The van der Waals surface area contributed by atoms with E-state index in [-0.39, 0.29) is 5.82 Å². The molecule has 0 radical (unpaired) electrons. The molecule has 28 heavy (non-hydrogen) atoms. The number of fused-ring (bicyclic) bond motifs is 1. The average Bonchev–Trinajstić information content (AvgIpc) is 3.16. The van der Waals surface area contributed by atoms with Gasteiger partial charge in [0.2, 0.25) is 0 Å². The minimum atomic E-state index is -0.173. The largest absolute Gasteiger partial charge is 0.355 e. The number of nitrogens with zero attached hydrogens (tertiary/aromatic N) is 3. The number of nitrogens with one attached hydrogen (secondary N) is 1. The van der Waals surface area contributed by atoms with E-state index in [1.165, 1.54) is 17.7 Å². The van der Waals surface area contributed by atoms with Gasteiger partial charge in [0.15, 0.2) is 0 Å². The SMILES string of the molecule is C#Cc1csc2c(N3CCC(NCCCc4ccc(F)cc4)CC3)ncnc12. The highest BCUT2D eigenvalue weighted by Crippen LogP contribution is 2.32. The van der Waals surface area contributed by atoms with E-state index in [9.17, 15) is 4.39 Å². The Balaban J connectivity index is 1.26. The van der Waals surface area contributed by atoms with Crippen LogP contribution in [0.3, 0.4) is 0 Å². The summed E-state index contributed by atoms with van der Waals surface area (Å²) in [5.41, 5.74) is 2.92. The van der Waals surface area contributed by atoms with Gasteiger partial charge in [-0.25, -0.2) is 14.4 Å². The molecule has 2 aromatic heterocycles. The highest BCUT2D eigenvalue weighted by atomic mass is 32.1. The van der Waals surface area contributed by atoms with E-state index in [1.807, 2.05) is 17.5 Å². The number of piperidine rings is 1. The van der Waals surface area contributed by atoms with Crippen LogP contribution in [-0.2, 0) is 6.42 Å². The Labute approximate surface area is 168 Å². The lowest BCUT2D eigenvalue weighted by Crippen LogP contribution is -2.43. The van der Waals surface area contributed by atoms with Gasteiger partial charge < -0.3 is 10.2 Å². The minimum absolute atomic E-state index is 0.173. The molecule has 0 spiro atoms. The number of rotatable bonds is 6. The first kappa shape index (κ1) is 18.9. The molecule has 1 N–H and O–H groups in total. The van der Waals surface area contributed by atoms with Gasteiger partial charge in [-0.15, -0.1) is 17.8 Å². The Morgan fingerprint density at radius 1 is 1.21 bits per heavy atom. The fraction of sp³-hybridized carbons (Fsp3) is 0.364. The number of hydrogen-bond acceptors (Lipinski definition) is 5. The molecule has 1 aromatic carbocycles. The third kappa shape index (κ3) is 4.16. The van der Waals surface area contributed by atoms with Gasteiger partial charge in [0.05, 0.1) is 10.3 Å². The average molecular weight is 395 g/mol. The summed E-state index contributed by atoms with van der Waals surface area (Å²) in [4.78, 5) is 11.2. The summed E-state index contributed by atoms with van der Waals surface area (Å²) in [5.74, 6) is 3.54. The summed E-state index contributed by atoms with van der Waals surface area (Å²) in [7, 11) is 0. The normalized spacial score (nSPS) is 15.1. The third-order valence-electron chi connectivity index (χ3n) is 5.27. The number of aryl methyl sites for hydroxylation is 1. The molecule has 1 fully saturated rings. The maximum Gasteiger partial charge on any atom is 0.150 e. The highest BCUT2D eigenvalue weighted by Gasteiger charge is 2.22. The first-order chi connectivity index (χ1) is 13.7. The van der Waals surface area contributed by atoms with E-state index in [0.717, 1.165) is 66.9 Å². The molecule has 0 saturated carbocycles. The molecule has 6 heteroatoms.